The van der Waals surface area contributed by atoms with Gasteiger partial charge in [-0.1, -0.05) is 18.2 Å². The first-order valence-corrected chi connectivity index (χ1v) is 6.87. The maximum absolute atomic E-state index is 12.5. The van der Waals surface area contributed by atoms with Gasteiger partial charge in [0.2, 0.25) is 5.78 Å². The van der Waals surface area contributed by atoms with Crippen molar-refractivity contribution in [2.75, 3.05) is 11.9 Å². The smallest absolute Gasteiger partial charge is 0.343 e. The van der Waals surface area contributed by atoms with E-state index in [1.54, 1.807) is 13.8 Å². The Hall–Kier alpha value is -2.36. The molecule has 108 valence electrons. The van der Waals surface area contributed by atoms with Crippen LogP contribution in [0.3, 0.4) is 0 Å². The number of esters is 1. The van der Waals surface area contributed by atoms with Crippen molar-refractivity contribution in [2.24, 2.45) is 0 Å². The van der Waals surface area contributed by atoms with E-state index in [1.807, 2.05) is 49.2 Å². The SMILES string of the molecule is CC1=C/C(=C2/C(=O)OC(C)(C)C2=O)c2ccccc2N1C. The zero-order valence-corrected chi connectivity index (χ0v) is 12.6. The predicted octanol–water partition coefficient (Wildman–Crippen LogP) is 2.70. The van der Waals surface area contributed by atoms with Crippen molar-refractivity contribution in [1.29, 1.82) is 0 Å². The van der Waals surface area contributed by atoms with Gasteiger partial charge >= 0.3 is 5.97 Å². The van der Waals surface area contributed by atoms with Crippen molar-refractivity contribution in [3.63, 3.8) is 0 Å². The van der Waals surface area contributed by atoms with E-state index in [0.29, 0.717) is 5.57 Å². The fraction of sp³-hybridized carbons (Fsp3) is 0.294. The monoisotopic (exact) mass is 283 g/mol. The summed E-state index contributed by atoms with van der Waals surface area (Å²) in [5.74, 6) is -0.797. The fourth-order valence-corrected chi connectivity index (χ4v) is 2.73. The second-order valence-corrected chi connectivity index (χ2v) is 5.88. The topological polar surface area (TPSA) is 46.6 Å². The molecule has 0 unspecified atom stereocenters. The molecular weight excluding hydrogens is 266 g/mol. The first-order chi connectivity index (χ1) is 9.83. The number of rotatable bonds is 0. The van der Waals surface area contributed by atoms with Gasteiger partial charge in [-0.15, -0.1) is 0 Å². The molecule has 0 aromatic heterocycles. The second-order valence-electron chi connectivity index (χ2n) is 5.88. The maximum atomic E-state index is 12.5. The Bertz CT molecular complexity index is 725. The summed E-state index contributed by atoms with van der Waals surface area (Å²) in [4.78, 5) is 26.7. The molecule has 0 saturated carbocycles. The van der Waals surface area contributed by atoms with Gasteiger partial charge < -0.3 is 9.64 Å². The summed E-state index contributed by atoms with van der Waals surface area (Å²) in [6.07, 6.45) is 1.87. The van der Waals surface area contributed by atoms with Crippen molar-refractivity contribution in [2.45, 2.75) is 26.4 Å². The molecular formula is C17H17NO3. The molecule has 0 bridgehead atoms. The van der Waals surface area contributed by atoms with Crippen LogP contribution >= 0.6 is 0 Å². The van der Waals surface area contributed by atoms with Crippen LogP contribution in [0.4, 0.5) is 5.69 Å². The minimum Gasteiger partial charge on any atom is -0.448 e. The predicted molar refractivity (Wildman–Crippen MR) is 80.7 cm³/mol. The normalized spacial score (nSPS) is 23.8. The lowest BCUT2D eigenvalue weighted by Crippen LogP contribution is -2.28. The van der Waals surface area contributed by atoms with Crippen LogP contribution in [0, 0.1) is 0 Å². The number of cyclic esters (lactones) is 1. The highest BCUT2D eigenvalue weighted by Crippen LogP contribution is 2.40. The highest BCUT2D eigenvalue weighted by atomic mass is 16.6. The zero-order valence-electron chi connectivity index (χ0n) is 12.6. The molecule has 4 nitrogen and oxygen atoms in total. The van der Waals surface area contributed by atoms with Crippen LogP contribution in [-0.2, 0) is 14.3 Å². The quantitative estimate of drug-likeness (QED) is 0.417. The second kappa shape index (κ2) is 4.32. The van der Waals surface area contributed by atoms with E-state index < -0.39 is 11.6 Å². The molecule has 2 heterocycles. The van der Waals surface area contributed by atoms with Crippen LogP contribution in [0.2, 0.25) is 0 Å². The summed E-state index contributed by atoms with van der Waals surface area (Å²) in [5, 5.41) is 0. The summed E-state index contributed by atoms with van der Waals surface area (Å²) in [6.45, 7) is 5.20. The van der Waals surface area contributed by atoms with Gasteiger partial charge in [0.15, 0.2) is 5.60 Å². The summed E-state index contributed by atoms with van der Waals surface area (Å²) in [7, 11) is 1.96. The van der Waals surface area contributed by atoms with Crippen LogP contribution in [-0.4, -0.2) is 24.4 Å². The number of benzene rings is 1. The molecule has 0 spiro atoms. The van der Waals surface area contributed by atoms with E-state index in [0.717, 1.165) is 16.9 Å². The Morgan fingerprint density at radius 2 is 1.81 bits per heavy atom. The Balaban J connectivity index is 2.30. The van der Waals surface area contributed by atoms with Crippen molar-refractivity contribution in [3.8, 4) is 0 Å². The lowest BCUT2D eigenvalue weighted by molar-refractivity contribution is -0.147. The Kier molecular flexibility index (Phi) is 2.80. The number of nitrogens with zero attached hydrogens (tertiary/aromatic N) is 1. The van der Waals surface area contributed by atoms with Crippen LogP contribution in [0.5, 0.6) is 0 Å². The Labute approximate surface area is 123 Å². The van der Waals surface area contributed by atoms with Crippen LogP contribution in [0.15, 0.2) is 41.6 Å². The summed E-state index contributed by atoms with van der Waals surface area (Å²) in [6, 6.07) is 7.73. The minimum absolute atomic E-state index is 0.153. The molecule has 0 aliphatic carbocycles. The molecule has 21 heavy (non-hydrogen) atoms. The number of carbonyl (C=O) groups excluding carboxylic acids is 2. The van der Waals surface area contributed by atoms with Crippen molar-refractivity contribution in [3.05, 3.63) is 47.2 Å². The van der Waals surface area contributed by atoms with E-state index in [9.17, 15) is 9.59 Å². The van der Waals surface area contributed by atoms with Gasteiger partial charge in [0, 0.05) is 29.6 Å². The number of para-hydroxylation sites is 1. The van der Waals surface area contributed by atoms with E-state index in [2.05, 4.69) is 0 Å². The third kappa shape index (κ3) is 1.90. The number of ether oxygens (including phenoxy) is 1. The summed E-state index contributed by atoms with van der Waals surface area (Å²) < 4.78 is 5.21. The molecule has 0 atom stereocenters. The van der Waals surface area contributed by atoms with Gasteiger partial charge in [0.25, 0.3) is 0 Å². The van der Waals surface area contributed by atoms with Gasteiger partial charge in [-0.3, -0.25) is 4.79 Å². The number of fused-ring (bicyclic) bond motifs is 1. The summed E-state index contributed by atoms with van der Waals surface area (Å²) >= 11 is 0. The van der Waals surface area contributed by atoms with Crippen LogP contribution in [0.25, 0.3) is 5.57 Å². The van der Waals surface area contributed by atoms with E-state index in [4.69, 9.17) is 4.74 Å². The largest absolute Gasteiger partial charge is 0.448 e. The fourth-order valence-electron chi connectivity index (χ4n) is 2.73. The van der Waals surface area contributed by atoms with E-state index >= 15 is 0 Å². The minimum atomic E-state index is -1.08. The van der Waals surface area contributed by atoms with Gasteiger partial charge in [0.1, 0.15) is 5.57 Å². The Morgan fingerprint density at radius 3 is 2.43 bits per heavy atom. The standard InChI is InChI=1S/C17H17NO3/c1-10-9-12(11-7-5-6-8-13(11)18(10)4)14-15(19)17(2,3)21-16(14)20/h5-9H,1-4H3/b14-12-. The molecule has 1 saturated heterocycles. The van der Waals surface area contributed by atoms with Gasteiger partial charge in [-0.05, 0) is 32.9 Å². The molecule has 4 heteroatoms. The molecule has 0 amide bonds. The average Bonchev–Trinajstić information content (AvgIpc) is 2.63. The van der Waals surface area contributed by atoms with Crippen molar-refractivity contribution >= 4 is 23.0 Å². The zero-order chi connectivity index (χ0) is 15.4. The number of ketones is 1. The molecule has 1 aromatic carbocycles. The number of carbonyl (C=O) groups is 2. The van der Waals surface area contributed by atoms with Crippen LogP contribution in [0.1, 0.15) is 26.3 Å². The number of Topliss-reactive ketones (excluding diaryl/α,β-unsaturated/α-hetero) is 1. The average molecular weight is 283 g/mol. The van der Waals surface area contributed by atoms with E-state index in [-0.39, 0.29) is 11.4 Å². The molecule has 2 aliphatic heterocycles. The molecule has 1 fully saturated rings. The van der Waals surface area contributed by atoms with Gasteiger partial charge in [0.05, 0.1) is 0 Å². The maximum Gasteiger partial charge on any atom is 0.343 e. The van der Waals surface area contributed by atoms with E-state index in [1.165, 1.54) is 0 Å². The first kappa shape index (κ1) is 13.6. The lowest BCUT2D eigenvalue weighted by Gasteiger charge is -2.28. The Morgan fingerprint density at radius 1 is 1.14 bits per heavy atom. The van der Waals surface area contributed by atoms with Crippen LogP contribution < -0.4 is 4.90 Å². The highest BCUT2D eigenvalue weighted by molar-refractivity contribution is 6.30. The number of hydrogen-bond acceptors (Lipinski definition) is 4. The summed E-state index contributed by atoms with van der Waals surface area (Å²) in [5.41, 5.74) is 2.55. The number of hydrogen-bond donors (Lipinski definition) is 0. The molecule has 3 rings (SSSR count). The third-order valence-corrected chi connectivity index (χ3v) is 4.03. The number of allylic oxidation sites excluding steroid dienone is 3. The number of anilines is 1. The first-order valence-electron chi connectivity index (χ1n) is 6.87. The van der Waals surface area contributed by atoms with Gasteiger partial charge in [-0.2, -0.15) is 0 Å². The lowest BCUT2D eigenvalue weighted by atomic mass is 9.89. The molecule has 1 aromatic rings. The third-order valence-electron chi connectivity index (χ3n) is 4.03. The highest BCUT2D eigenvalue weighted by Gasteiger charge is 2.47. The molecule has 2 aliphatic rings. The van der Waals surface area contributed by atoms with Crippen molar-refractivity contribution in [1.82, 2.24) is 0 Å². The van der Waals surface area contributed by atoms with Crippen molar-refractivity contribution < 1.29 is 14.3 Å². The molecule has 0 N–H and O–H groups in total. The van der Waals surface area contributed by atoms with Gasteiger partial charge in [-0.25, -0.2) is 4.79 Å². The molecule has 0 radical (unpaired) electrons.